The van der Waals surface area contributed by atoms with E-state index in [0.717, 1.165) is 11.1 Å². The Hall–Kier alpha value is -3.38. The highest BCUT2D eigenvalue weighted by atomic mass is 35.5. The van der Waals surface area contributed by atoms with Crippen LogP contribution < -0.4 is 10.9 Å². The van der Waals surface area contributed by atoms with Crippen molar-refractivity contribution in [3.05, 3.63) is 92.4 Å². The lowest BCUT2D eigenvalue weighted by atomic mass is 9.99. The molecular weight excluding hydrogens is 404 g/mol. The fourth-order valence-corrected chi connectivity index (χ4v) is 3.64. The van der Waals surface area contributed by atoms with Gasteiger partial charge in [0, 0.05) is 18.2 Å². The van der Waals surface area contributed by atoms with Gasteiger partial charge in [0.25, 0.3) is 11.5 Å². The Labute approximate surface area is 178 Å². The lowest BCUT2D eigenvalue weighted by Crippen LogP contribution is -2.42. The SMILES string of the molecule is Cc1cccc(Cl)c1C(=O)N[C@@H](Cc1ccc(-c2c(C)cc[nH]c2=O)cc1)C(=O)O. The molecule has 3 rings (SSSR count). The van der Waals surface area contributed by atoms with E-state index in [1.165, 1.54) is 0 Å². The minimum atomic E-state index is -1.15. The summed E-state index contributed by atoms with van der Waals surface area (Å²) in [6.07, 6.45) is 1.69. The van der Waals surface area contributed by atoms with E-state index in [-0.39, 0.29) is 22.6 Å². The van der Waals surface area contributed by atoms with Crippen molar-refractivity contribution in [2.24, 2.45) is 0 Å². The monoisotopic (exact) mass is 424 g/mol. The van der Waals surface area contributed by atoms with Crippen LogP contribution in [-0.4, -0.2) is 28.0 Å². The van der Waals surface area contributed by atoms with Gasteiger partial charge in [0.05, 0.1) is 10.6 Å². The van der Waals surface area contributed by atoms with Gasteiger partial charge < -0.3 is 15.4 Å². The summed E-state index contributed by atoms with van der Waals surface area (Å²) in [5, 5.41) is 12.4. The Morgan fingerprint density at radius 2 is 1.77 bits per heavy atom. The molecule has 1 aromatic heterocycles. The number of carboxylic acid groups (broad SMARTS) is 1. The summed E-state index contributed by atoms with van der Waals surface area (Å²) in [6, 6.07) is 12.8. The van der Waals surface area contributed by atoms with E-state index in [1.54, 1.807) is 55.6 Å². The molecule has 6 nitrogen and oxygen atoms in total. The lowest BCUT2D eigenvalue weighted by Gasteiger charge is -2.16. The van der Waals surface area contributed by atoms with Crippen LogP contribution in [0.15, 0.2) is 59.5 Å². The molecule has 0 aliphatic heterocycles. The van der Waals surface area contributed by atoms with Gasteiger partial charge in [-0.3, -0.25) is 9.59 Å². The maximum atomic E-state index is 12.6. The van der Waals surface area contributed by atoms with Crippen molar-refractivity contribution in [2.75, 3.05) is 0 Å². The van der Waals surface area contributed by atoms with Gasteiger partial charge in [-0.05, 0) is 48.2 Å². The van der Waals surface area contributed by atoms with Gasteiger partial charge in [0.2, 0.25) is 0 Å². The van der Waals surface area contributed by atoms with Gasteiger partial charge in [-0.15, -0.1) is 0 Å². The van der Waals surface area contributed by atoms with E-state index in [9.17, 15) is 19.5 Å². The Balaban J connectivity index is 1.80. The molecule has 0 saturated heterocycles. The van der Waals surface area contributed by atoms with Gasteiger partial charge in [0.15, 0.2) is 0 Å². The molecule has 2 aromatic carbocycles. The zero-order chi connectivity index (χ0) is 21.8. The van der Waals surface area contributed by atoms with E-state index >= 15 is 0 Å². The van der Waals surface area contributed by atoms with Crippen molar-refractivity contribution in [2.45, 2.75) is 26.3 Å². The highest BCUT2D eigenvalue weighted by Crippen LogP contribution is 2.21. The van der Waals surface area contributed by atoms with Crippen molar-refractivity contribution in [3.8, 4) is 11.1 Å². The van der Waals surface area contributed by atoms with Crippen LogP contribution >= 0.6 is 11.6 Å². The first-order valence-corrected chi connectivity index (χ1v) is 9.72. The second kappa shape index (κ2) is 8.97. The molecule has 3 aromatic rings. The molecule has 154 valence electrons. The molecule has 0 aliphatic carbocycles. The van der Waals surface area contributed by atoms with Gasteiger partial charge in [-0.2, -0.15) is 0 Å². The Kier molecular flexibility index (Phi) is 6.37. The van der Waals surface area contributed by atoms with E-state index < -0.39 is 17.9 Å². The number of aromatic amines is 1. The molecule has 0 aliphatic rings. The third-order valence-electron chi connectivity index (χ3n) is 4.90. The van der Waals surface area contributed by atoms with Gasteiger partial charge in [-0.1, -0.05) is 48.0 Å². The van der Waals surface area contributed by atoms with Crippen LogP contribution in [-0.2, 0) is 11.2 Å². The third-order valence-corrected chi connectivity index (χ3v) is 5.22. The molecular formula is C23H21ClN2O4. The molecule has 0 unspecified atom stereocenters. The molecule has 0 radical (unpaired) electrons. The first-order chi connectivity index (χ1) is 14.3. The molecule has 30 heavy (non-hydrogen) atoms. The minimum absolute atomic E-state index is 0.0922. The first-order valence-electron chi connectivity index (χ1n) is 9.34. The topological polar surface area (TPSA) is 99.3 Å². The molecule has 7 heteroatoms. The van der Waals surface area contributed by atoms with Gasteiger partial charge in [0.1, 0.15) is 6.04 Å². The maximum Gasteiger partial charge on any atom is 0.326 e. The van der Waals surface area contributed by atoms with Crippen molar-refractivity contribution >= 4 is 23.5 Å². The lowest BCUT2D eigenvalue weighted by molar-refractivity contribution is -0.139. The van der Waals surface area contributed by atoms with Crippen LogP contribution in [0.5, 0.6) is 0 Å². The van der Waals surface area contributed by atoms with E-state index in [1.807, 2.05) is 13.0 Å². The van der Waals surface area contributed by atoms with Gasteiger partial charge >= 0.3 is 5.97 Å². The van der Waals surface area contributed by atoms with Crippen LogP contribution in [0.25, 0.3) is 11.1 Å². The third kappa shape index (κ3) is 4.60. The quantitative estimate of drug-likeness (QED) is 0.561. The molecule has 0 bridgehead atoms. The number of carbonyl (C=O) groups is 2. The molecule has 1 amide bonds. The zero-order valence-corrected chi connectivity index (χ0v) is 17.3. The van der Waals surface area contributed by atoms with Crippen molar-refractivity contribution in [3.63, 3.8) is 0 Å². The number of hydrogen-bond donors (Lipinski definition) is 3. The summed E-state index contributed by atoms with van der Waals surface area (Å²) < 4.78 is 0. The fourth-order valence-electron chi connectivity index (χ4n) is 3.33. The second-order valence-electron chi connectivity index (χ2n) is 7.06. The Morgan fingerprint density at radius 3 is 2.37 bits per heavy atom. The van der Waals surface area contributed by atoms with Gasteiger partial charge in [-0.25, -0.2) is 4.79 Å². The highest BCUT2D eigenvalue weighted by molar-refractivity contribution is 6.34. The summed E-state index contributed by atoms with van der Waals surface area (Å²) in [5.74, 6) is -1.68. The Morgan fingerprint density at radius 1 is 1.07 bits per heavy atom. The summed E-state index contributed by atoms with van der Waals surface area (Å²) in [4.78, 5) is 39.1. The minimum Gasteiger partial charge on any atom is -0.480 e. The molecule has 1 heterocycles. The normalized spacial score (nSPS) is 11.7. The van der Waals surface area contributed by atoms with Crippen LogP contribution in [0.2, 0.25) is 5.02 Å². The summed E-state index contributed by atoms with van der Waals surface area (Å²) in [6.45, 7) is 3.59. The number of carboxylic acids is 1. The maximum absolute atomic E-state index is 12.6. The van der Waals surface area contributed by atoms with Crippen LogP contribution in [0.4, 0.5) is 0 Å². The number of aryl methyl sites for hydroxylation is 2. The van der Waals surface area contributed by atoms with E-state index in [4.69, 9.17) is 11.6 Å². The smallest absolute Gasteiger partial charge is 0.326 e. The number of halogens is 1. The van der Waals surface area contributed by atoms with Crippen LogP contribution in [0.1, 0.15) is 27.0 Å². The van der Waals surface area contributed by atoms with E-state index in [0.29, 0.717) is 16.7 Å². The number of benzene rings is 2. The summed E-state index contributed by atoms with van der Waals surface area (Å²) in [5.41, 5.74) is 3.61. The average Bonchev–Trinajstić information content (AvgIpc) is 2.68. The number of amides is 1. The standard InChI is InChI=1S/C23H21ClN2O4/c1-13-4-3-5-17(24)20(13)22(28)26-18(23(29)30)12-15-6-8-16(9-7-15)19-14(2)10-11-25-21(19)27/h3-11,18H,12H2,1-2H3,(H,25,27)(H,26,28)(H,29,30)/t18-/m0/s1. The Bertz CT molecular complexity index is 1130. The number of pyridine rings is 1. The summed E-state index contributed by atoms with van der Waals surface area (Å²) >= 11 is 6.11. The predicted molar refractivity (Wildman–Crippen MR) is 116 cm³/mol. The van der Waals surface area contributed by atoms with Crippen molar-refractivity contribution < 1.29 is 14.7 Å². The number of rotatable bonds is 6. The van der Waals surface area contributed by atoms with E-state index in [2.05, 4.69) is 10.3 Å². The number of aliphatic carboxylic acids is 1. The number of H-pyrrole nitrogens is 1. The van der Waals surface area contributed by atoms with Crippen LogP contribution in [0, 0.1) is 13.8 Å². The number of hydrogen-bond acceptors (Lipinski definition) is 3. The van der Waals surface area contributed by atoms with Crippen LogP contribution in [0.3, 0.4) is 0 Å². The average molecular weight is 425 g/mol. The number of carbonyl (C=O) groups excluding carboxylic acids is 1. The second-order valence-corrected chi connectivity index (χ2v) is 7.47. The largest absolute Gasteiger partial charge is 0.480 e. The fraction of sp³-hybridized carbons (Fsp3) is 0.174. The van der Waals surface area contributed by atoms with Crippen molar-refractivity contribution in [1.29, 1.82) is 0 Å². The first kappa shape index (κ1) is 21.3. The number of aromatic nitrogens is 1. The molecule has 0 fully saturated rings. The molecule has 1 atom stereocenters. The van der Waals surface area contributed by atoms with Crippen molar-refractivity contribution in [1.82, 2.24) is 10.3 Å². The highest BCUT2D eigenvalue weighted by Gasteiger charge is 2.23. The molecule has 0 saturated carbocycles. The zero-order valence-electron chi connectivity index (χ0n) is 16.5. The number of nitrogens with one attached hydrogen (secondary N) is 2. The molecule has 3 N–H and O–H groups in total. The summed E-state index contributed by atoms with van der Waals surface area (Å²) in [7, 11) is 0. The molecule has 0 spiro atoms. The predicted octanol–water partition coefficient (Wildman–Crippen LogP) is 3.74.